The Kier molecular flexibility index (Phi) is 2.60. The quantitative estimate of drug-likeness (QED) is 0.682. The van der Waals surface area contributed by atoms with Crippen molar-refractivity contribution in [2.45, 2.75) is 24.8 Å². The summed E-state index contributed by atoms with van der Waals surface area (Å²) in [6.45, 7) is 1.46. The van der Waals surface area contributed by atoms with Crippen LogP contribution in [0.15, 0.2) is 5.29 Å². The van der Waals surface area contributed by atoms with Gasteiger partial charge in [-0.1, -0.05) is 0 Å². The average Bonchev–Trinajstić information content (AvgIpc) is 2.57. The van der Waals surface area contributed by atoms with Gasteiger partial charge >= 0.3 is 5.97 Å². The van der Waals surface area contributed by atoms with Gasteiger partial charge in [-0.05, 0) is 19.3 Å². The maximum atomic E-state index is 11.1. The van der Waals surface area contributed by atoms with E-state index in [2.05, 4.69) is 5.29 Å². The van der Waals surface area contributed by atoms with Gasteiger partial charge in [-0.25, -0.2) is 0 Å². The lowest BCUT2D eigenvalue weighted by Gasteiger charge is -2.40. The Hall–Kier alpha value is -1.17. The second-order valence-corrected chi connectivity index (χ2v) is 4.10. The number of ether oxygens (including phenoxy) is 1. The smallest absolute Gasteiger partial charge is 0.309 e. The van der Waals surface area contributed by atoms with Gasteiger partial charge in [-0.2, -0.15) is 0 Å². The molecule has 0 bridgehead atoms. The van der Waals surface area contributed by atoms with Crippen molar-refractivity contribution >= 4 is 5.97 Å². The zero-order valence-electron chi connectivity index (χ0n) is 8.39. The predicted molar refractivity (Wildman–Crippen MR) is 51.0 cm³/mol. The number of carboxylic acids is 1. The summed E-state index contributed by atoms with van der Waals surface area (Å²) >= 11 is 0. The van der Waals surface area contributed by atoms with Gasteiger partial charge in [0.05, 0.1) is 16.7 Å². The van der Waals surface area contributed by atoms with Gasteiger partial charge in [0.15, 0.2) is 0 Å². The molecule has 0 saturated carbocycles. The Labute approximate surface area is 87.1 Å². The van der Waals surface area contributed by atoms with E-state index in [1.54, 1.807) is 0 Å². The highest BCUT2D eigenvalue weighted by molar-refractivity contribution is 5.72. The predicted octanol–water partition coefficient (Wildman–Crippen LogP) is 0.624. The molecule has 1 spiro atoms. The SMILES string of the molecule is O=NN1CCC(C(=O)O)C12CCOCC2. The minimum absolute atomic E-state index is 0.445. The molecule has 15 heavy (non-hydrogen) atoms. The normalized spacial score (nSPS) is 29.3. The number of carboxylic acid groups (broad SMARTS) is 1. The molecule has 2 heterocycles. The summed E-state index contributed by atoms with van der Waals surface area (Å²) in [5, 5.41) is 13.5. The van der Waals surface area contributed by atoms with Crippen molar-refractivity contribution in [3.63, 3.8) is 0 Å². The van der Waals surface area contributed by atoms with E-state index < -0.39 is 17.4 Å². The Morgan fingerprint density at radius 3 is 2.67 bits per heavy atom. The largest absolute Gasteiger partial charge is 0.481 e. The van der Waals surface area contributed by atoms with Gasteiger partial charge in [-0.3, -0.25) is 9.80 Å². The summed E-state index contributed by atoms with van der Waals surface area (Å²) in [4.78, 5) is 21.8. The molecule has 1 N–H and O–H groups in total. The Balaban J connectivity index is 2.27. The fourth-order valence-electron chi connectivity index (χ4n) is 2.73. The van der Waals surface area contributed by atoms with Crippen molar-refractivity contribution in [3.8, 4) is 0 Å². The highest BCUT2D eigenvalue weighted by atomic mass is 16.5. The zero-order chi connectivity index (χ0) is 10.9. The van der Waals surface area contributed by atoms with Crippen molar-refractivity contribution < 1.29 is 14.6 Å². The molecule has 0 aromatic heterocycles. The second kappa shape index (κ2) is 3.77. The van der Waals surface area contributed by atoms with Crippen LogP contribution in [-0.2, 0) is 9.53 Å². The zero-order valence-corrected chi connectivity index (χ0v) is 8.39. The van der Waals surface area contributed by atoms with E-state index in [1.807, 2.05) is 0 Å². The number of rotatable bonds is 2. The summed E-state index contributed by atoms with van der Waals surface area (Å²) in [5.41, 5.74) is -0.591. The van der Waals surface area contributed by atoms with E-state index >= 15 is 0 Å². The van der Waals surface area contributed by atoms with Crippen LogP contribution in [0.1, 0.15) is 19.3 Å². The maximum Gasteiger partial charge on any atom is 0.309 e. The fourth-order valence-corrected chi connectivity index (χ4v) is 2.73. The minimum atomic E-state index is -0.831. The molecule has 2 fully saturated rings. The topological polar surface area (TPSA) is 79.2 Å². The van der Waals surface area contributed by atoms with Crippen LogP contribution in [0.5, 0.6) is 0 Å². The van der Waals surface area contributed by atoms with Gasteiger partial charge in [0.1, 0.15) is 0 Å². The van der Waals surface area contributed by atoms with Gasteiger partial charge < -0.3 is 9.84 Å². The summed E-state index contributed by atoms with van der Waals surface area (Å²) in [6, 6.07) is 0. The molecule has 0 aliphatic carbocycles. The van der Waals surface area contributed by atoms with Crippen LogP contribution in [0.2, 0.25) is 0 Å². The minimum Gasteiger partial charge on any atom is -0.481 e. The number of hydrogen-bond donors (Lipinski definition) is 1. The van der Waals surface area contributed by atoms with Crippen molar-refractivity contribution in [1.82, 2.24) is 5.01 Å². The van der Waals surface area contributed by atoms with E-state index in [0.29, 0.717) is 39.0 Å². The molecule has 1 unspecified atom stereocenters. The molecule has 0 amide bonds. The number of carbonyl (C=O) groups is 1. The van der Waals surface area contributed by atoms with Gasteiger partial charge in [0.25, 0.3) is 0 Å². The lowest BCUT2D eigenvalue weighted by molar-refractivity contribution is -0.147. The molecule has 2 rings (SSSR count). The van der Waals surface area contributed by atoms with Crippen molar-refractivity contribution in [1.29, 1.82) is 0 Å². The maximum absolute atomic E-state index is 11.1. The summed E-state index contributed by atoms with van der Waals surface area (Å²) in [6.07, 6.45) is 1.66. The summed E-state index contributed by atoms with van der Waals surface area (Å²) in [7, 11) is 0. The Morgan fingerprint density at radius 2 is 2.13 bits per heavy atom. The van der Waals surface area contributed by atoms with E-state index in [0.717, 1.165) is 0 Å². The molecule has 84 valence electrons. The van der Waals surface area contributed by atoms with Crippen LogP contribution >= 0.6 is 0 Å². The van der Waals surface area contributed by atoms with E-state index in [9.17, 15) is 9.70 Å². The van der Waals surface area contributed by atoms with Crippen molar-refractivity contribution in [2.75, 3.05) is 19.8 Å². The summed E-state index contributed by atoms with van der Waals surface area (Å²) in [5.74, 6) is -1.32. The fraction of sp³-hybridized carbons (Fsp3) is 0.889. The van der Waals surface area contributed by atoms with Crippen molar-refractivity contribution in [3.05, 3.63) is 4.91 Å². The van der Waals surface area contributed by atoms with Gasteiger partial charge in [-0.15, -0.1) is 4.91 Å². The van der Waals surface area contributed by atoms with Crippen LogP contribution in [0.25, 0.3) is 0 Å². The molecule has 1 atom stereocenters. The van der Waals surface area contributed by atoms with Crippen LogP contribution in [0.4, 0.5) is 0 Å². The molecule has 2 aliphatic heterocycles. The average molecular weight is 214 g/mol. The molecular formula is C9H14N2O4. The second-order valence-electron chi connectivity index (χ2n) is 4.10. The number of nitrogens with zero attached hydrogens (tertiary/aromatic N) is 2. The van der Waals surface area contributed by atoms with Crippen LogP contribution < -0.4 is 0 Å². The first kappa shape index (κ1) is 10.4. The highest BCUT2D eigenvalue weighted by Crippen LogP contribution is 2.42. The molecule has 6 nitrogen and oxygen atoms in total. The highest BCUT2D eigenvalue weighted by Gasteiger charge is 2.53. The first-order valence-corrected chi connectivity index (χ1v) is 5.12. The number of nitroso groups, excluding NO2 is 1. The molecule has 0 radical (unpaired) electrons. The van der Waals surface area contributed by atoms with Crippen LogP contribution in [0, 0.1) is 10.8 Å². The standard InChI is InChI=1S/C9H14N2O4/c12-8(13)7-1-4-11(10-14)9(7)2-5-15-6-3-9/h7H,1-6H2,(H,12,13). The molecule has 2 aliphatic rings. The monoisotopic (exact) mass is 214 g/mol. The first-order valence-electron chi connectivity index (χ1n) is 5.12. The Bertz CT molecular complexity index is 275. The number of aliphatic carboxylic acids is 1. The third kappa shape index (κ3) is 1.49. The Morgan fingerprint density at radius 1 is 1.47 bits per heavy atom. The molecule has 6 heteroatoms. The van der Waals surface area contributed by atoms with Crippen LogP contribution in [0.3, 0.4) is 0 Å². The van der Waals surface area contributed by atoms with Gasteiger partial charge in [0, 0.05) is 19.8 Å². The van der Waals surface area contributed by atoms with E-state index in [1.165, 1.54) is 5.01 Å². The molecule has 0 aromatic carbocycles. The van der Waals surface area contributed by atoms with Crippen LogP contribution in [-0.4, -0.2) is 41.4 Å². The first-order chi connectivity index (χ1) is 7.20. The molecule has 2 saturated heterocycles. The lowest BCUT2D eigenvalue weighted by Crippen LogP contribution is -2.51. The lowest BCUT2D eigenvalue weighted by atomic mass is 9.79. The van der Waals surface area contributed by atoms with E-state index in [-0.39, 0.29) is 0 Å². The third-order valence-corrected chi connectivity index (χ3v) is 3.55. The number of hydrogen-bond acceptors (Lipinski definition) is 4. The third-order valence-electron chi connectivity index (χ3n) is 3.55. The van der Waals surface area contributed by atoms with Crippen molar-refractivity contribution in [2.24, 2.45) is 11.2 Å². The summed E-state index contributed by atoms with van der Waals surface area (Å²) < 4.78 is 5.21. The van der Waals surface area contributed by atoms with E-state index in [4.69, 9.17) is 9.84 Å². The molecule has 0 aromatic rings. The van der Waals surface area contributed by atoms with Gasteiger partial charge in [0.2, 0.25) is 0 Å². The molecular weight excluding hydrogens is 200 g/mol.